The molecule has 1 aromatic rings. The van der Waals surface area contributed by atoms with Crippen molar-refractivity contribution in [2.24, 2.45) is 0 Å². The highest BCUT2D eigenvalue weighted by Crippen LogP contribution is 2.12. The van der Waals surface area contributed by atoms with Crippen LogP contribution in [0.4, 0.5) is 0 Å². The third-order valence-corrected chi connectivity index (χ3v) is 2.03. The predicted molar refractivity (Wildman–Crippen MR) is 63.6 cm³/mol. The second-order valence-electron chi connectivity index (χ2n) is 3.28. The van der Waals surface area contributed by atoms with Crippen LogP contribution in [-0.2, 0) is 0 Å². The van der Waals surface area contributed by atoms with Crippen molar-refractivity contribution in [1.29, 1.82) is 0 Å². The van der Waals surface area contributed by atoms with Crippen LogP contribution in [0, 0.1) is 0 Å². The summed E-state index contributed by atoms with van der Waals surface area (Å²) in [5, 5.41) is 0. The molecule has 2 heteroatoms. The first-order chi connectivity index (χ1) is 6.74. The van der Waals surface area contributed by atoms with E-state index in [4.69, 9.17) is 4.74 Å². The normalized spacial score (nSPS) is 9.20. The maximum absolute atomic E-state index is 11.0. The largest absolute Gasteiger partial charge is 0.494 e. The Morgan fingerprint density at radius 3 is 2.33 bits per heavy atom. The Labute approximate surface area is 92.3 Å². The van der Waals surface area contributed by atoms with Gasteiger partial charge in [-0.3, -0.25) is 4.79 Å². The average Bonchev–Trinajstić information content (AvgIpc) is 2.19. The van der Waals surface area contributed by atoms with E-state index in [1.807, 2.05) is 12.1 Å². The lowest BCUT2D eigenvalue weighted by Gasteiger charge is -2.05. The van der Waals surface area contributed by atoms with Gasteiger partial charge in [0.15, 0.2) is 5.78 Å². The van der Waals surface area contributed by atoms with Crippen LogP contribution in [0.15, 0.2) is 24.3 Å². The smallest absolute Gasteiger partial charge is 0.159 e. The molecular formula is C13H20O2. The summed E-state index contributed by atoms with van der Waals surface area (Å²) < 4.78 is 5.47. The van der Waals surface area contributed by atoms with Gasteiger partial charge in [0.2, 0.25) is 0 Å². The fourth-order valence-electron chi connectivity index (χ4n) is 1.12. The number of benzene rings is 1. The molecule has 0 heterocycles. The molecule has 0 aliphatic heterocycles. The molecule has 0 N–H and O–H groups in total. The van der Waals surface area contributed by atoms with E-state index >= 15 is 0 Å². The molecule has 0 aliphatic rings. The fraction of sp³-hybridized carbons (Fsp3) is 0.462. The quantitative estimate of drug-likeness (QED) is 0.544. The Morgan fingerprint density at radius 1 is 1.27 bits per heavy atom. The van der Waals surface area contributed by atoms with E-state index in [1.54, 1.807) is 19.1 Å². The highest BCUT2D eigenvalue weighted by atomic mass is 16.5. The standard InChI is InChI=1S/C12H16O2.CH4/c1-3-4-9-14-12-7-5-11(6-8-12)10(2)13;/h5-8H,3-4,9H2,1-2H3;1H4. The zero-order chi connectivity index (χ0) is 10.4. The van der Waals surface area contributed by atoms with E-state index in [-0.39, 0.29) is 13.2 Å². The van der Waals surface area contributed by atoms with Gasteiger partial charge in [0, 0.05) is 5.56 Å². The van der Waals surface area contributed by atoms with Gasteiger partial charge < -0.3 is 4.74 Å². The lowest BCUT2D eigenvalue weighted by Crippen LogP contribution is -1.97. The zero-order valence-electron chi connectivity index (χ0n) is 8.75. The number of carbonyl (C=O) groups is 1. The molecule has 2 nitrogen and oxygen atoms in total. The summed E-state index contributed by atoms with van der Waals surface area (Å²) in [4.78, 5) is 11.0. The van der Waals surface area contributed by atoms with Gasteiger partial charge in [0.1, 0.15) is 5.75 Å². The van der Waals surface area contributed by atoms with Gasteiger partial charge in [0.05, 0.1) is 6.61 Å². The molecular weight excluding hydrogens is 188 g/mol. The number of rotatable bonds is 5. The lowest BCUT2D eigenvalue weighted by atomic mass is 10.1. The minimum Gasteiger partial charge on any atom is -0.494 e. The number of hydrogen-bond acceptors (Lipinski definition) is 2. The highest BCUT2D eigenvalue weighted by Gasteiger charge is 1.98. The van der Waals surface area contributed by atoms with Gasteiger partial charge in [-0.15, -0.1) is 0 Å². The Hall–Kier alpha value is -1.31. The van der Waals surface area contributed by atoms with E-state index < -0.39 is 0 Å². The summed E-state index contributed by atoms with van der Waals surface area (Å²) >= 11 is 0. The molecule has 1 aromatic carbocycles. The van der Waals surface area contributed by atoms with Crippen molar-refractivity contribution in [3.63, 3.8) is 0 Å². The number of hydrogen-bond donors (Lipinski definition) is 0. The Bertz CT molecular complexity index is 288. The second kappa shape index (κ2) is 7.04. The molecule has 0 saturated heterocycles. The molecule has 0 saturated carbocycles. The first-order valence-corrected chi connectivity index (χ1v) is 4.98. The number of unbranched alkanes of at least 4 members (excludes halogenated alkanes) is 1. The molecule has 0 aromatic heterocycles. The third kappa shape index (κ3) is 4.63. The molecule has 84 valence electrons. The van der Waals surface area contributed by atoms with Gasteiger partial charge in [-0.1, -0.05) is 20.8 Å². The molecule has 15 heavy (non-hydrogen) atoms. The summed E-state index contributed by atoms with van der Waals surface area (Å²) in [6.45, 7) is 4.44. The van der Waals surface area contributed by atoms with Crippen molar-refractivity contribution in [1.82, 2.24) is 0 Å². The predicted octanol–water partition coefficient (Wildman–Crippen LogP) is 3.70. The van der Waals surface area contributed by atoms with Crippen LogP contribution in [0.3, 0.4) is 0 Å². The Morgan fingerprint density at radius 2 is 1.87 bits per heavy atom. The maximum atomic E-state index is 11.0. The van der Waals surface area contributed by atoms with Crippen molar-refractivity contribution < 1.29 is 9.53 Å². The summed E-state index contributed by atoms with van der Waals surface area (Å²) in [7, 11) is 0. The van der Waals surface area contributed by atoms with Gasteiger partial charge in [-0.25, -0.2) is 0 Å². The van der Waals surface area contributed by atoms with Crippen molar-refractivity contribution in [3.8, 4) is 5.75 Å². The number of ether oxygens (including phenoxy) is 1. The highest BCUT2D eigenvalue weighted by molar-refractivity contribution is 5.94. The Balaban J connectivity index is 0.00000196. The summed E-state index contributed by atoms with van der Waals surface area (Å²) in [5.74, 6) is 0.925. The van der Waals surface area contributed by atoms with Crippen molar-refractivity contribution >= 4 is 5.78 Å². The molecule has 0 bridgehead atoms. The number of carbonyl (C=O) groups excluding carboxylic acids is 1. The number of ketones is 1. The lowest BCUT2D eigenvalue weighted by molar-refractivity contribution is 0.101. The molecule has 0 atom stereocenters. The molecule has 0 fully saturated rings. The van der Waals surface area contributed by atoms with E-state index in [0.29, 0.717) is 0 Å². The van der Waals surface area contributed by atoms with Crippen LogP contribution in [0.1, 0.15) is 44.5 Å². The van der Waals surface area contributed by atoms with Gasteiger partial charge in [-0.2, -0.15) is 0 Å². The van der Waals surface area contributed by atoms with Crippen LogP contribution >= 0.6 is 0 Å². The Kier molecular flexibility index (Phi) is 6.43. The van der Waals surface area contributed by atoms with Crippen LogP contribution in [0.5, 0.6) is 5.75 Å². The van der Waals surface area contributed by atoms with Crippen molar-refractivity contribution in [3.05, 3.63) is 29.8 Å². The molecule has 1 rings (SSSR count). The van der Waals surface area contributed by atoms with E-state index in [0.717, 1.165) is 30.8 Å². The first kappa shape index (κ1) is 13.7. The summed E-state index contributed by atoms with van der Waals surface area (Å²) in [6.07, 6.45) is 2.19. The minimum absolute atomic E-state index is 0. The fourth-order valence-corrected chi connectivity index (χ4v) is 1.12. The molecule has 0 spiro atoms. The van der Waals surface area contributed by atoms with Gasteiger partial charge in [-0.05, 0) is 37.6 Å². The van der Waals surface area contributed by atoms with Gasteiger partial charge in [0.25, 0.3) is 0 Å². The summed E-state index contributed by atoms with van der Waals surface area (Å²) in [6, 6.07) is 7.27. The molecule has 0 unspecified atom stereocenters. The van der Waals surface area contributed by atoms with E-state index in [9.17, 15) is 4.79 Å². The minimum atomic E-state index is 0. The first-order valence-electron chi connectivity index (χ1n) is 4.98. The van der Waals surface area contributed by atoms with Crippen LogP contribution in [0.25, 0.3) is 0 Å². The van der Waals surface area contributed by atoms with E-state index in [1.165, 1.54) is 0 Å². The second-order valence-corrected chi connectivity index (χ2v) is 3.28. The van der Waals surface area contributed by atoms with Crippen LogP contribution in [0.2, 0.25) is 0 Å². The number of Topliss-reactive ketones (excluding diaryl/α,β-unsaturated/α-hetero) is 1. The van der Waals surface area contributed by atoms with Crippen LogP contribution in [-0.4, -0.2) is 12.4 Å². The SMILES string of the molecule is C.CCCCOc1ccc(C(C)=O)cc1. The average molecular weight is 208 g/mol. The molecule has 0 amide bonds. The van der Waals surface area contributed by atoms with Crippen molar-refractivity contribution in [2.45, 2.75) is 34.1 Å². The maximum Gasteiger partial charge on any atom is 0.159 e. The topological polar surface area (TPSA) is 26.3 Å². The van der Waals surface area contributed by atoms with Crippen molar-refractivity contribution in [2.75, 3.05) is 6.61 Å². The van der Waals surface area contributed by atoms with Gasteiger partial charge >= 0.3 is 0 Å². The monoisotopic (exact) mass is 208 g/mol. The molecule has 0 radical (unpaired) electrons. The summed E-state index contributed by atoms with van der Waals surface area (Å²) in [5.41, 5.74) is 0.729. The molecule has 0 aliphatic carbocycles. The van der Waals surface area contributed by atoms with E-state index in [2.05, 4.69) is 6.92 Å². The van der Waals surface area contributed by atoms with Crippen LogP contribution < -0.4 is 4.74 Å². The third-order valence-electron chi connectivity index (χ3n) is 2.03. The zero-order valence-corrected chi connectivity index (χ0v) is 8.75.